The molecule has 4 heteroatoms. The van der Waals surface area contributed by atoms with Gasteiger partial charge in [0, 0.05) is 0 Å². The molecule has 2 unspecified atom stereocenters. The Labute approximate surface area is 188 Å². The van der Waals surface area contributed by atoms with Crippen molar-refractivity contribution in [3.63, 3.8) is 0 Å². The zero-order chi connectivity index (χ0) is 18.5. The van der Waals surface area contributed by atoms with Gasteiger partial charge in [0.1, 0.15) is 0 Å². The van der Waals surface area contributed by atoms with Crippen molar-refractivity contribution in [2.24, 2.45) is 0 Å². The van der Waals surface area contributed by atoms with Gasteiger partial charge in [-0.15, -0.1) is 24.8 Å². The average Bonchev–Trinajstić information content (AvgIpc) is 3.34. The van der Waals surface area contributed by atoms with E-state index in [-0.39, 0.29) is 24.8 Å². The summed E-state index contributed by atoms with van der Waals surface area (Å²) in [6, 6.07) is 29.5. The SMILES string of the molecule is Cl.Cl.[CH3][Hf](=[SiH2])([c]1ccccc1)([CH]1C=Cc2ccccc21)[CH]1C=Cc2ccccc21. The fraction of sp³-hybridized carbons (Fsp3) is 0.120. The number of rotatable bonds is 3. The number of halogens is 2. The monoisotopic (exact) mass is 604 g/mol. The van der Waals surface area contributed by atoms with Crippen LogP contribution in [-0.2, 0) is 17.1 Å². The Kier molecular flexibility index (Phi) is 6.32. The Bertz CT molecular complexity index is 1100. The normalized spacial score (nSPS) is 19.1. The molecular formula is C25H26Cl2HfSi. The van der Waals surface area contributed by atoms with Gasteiger partial charge in [0.05, 0.1) is 0 Å². The number of hydrogen-bond donors (Lipinski definition) is 0. The standard InChI is InChI=1S/2C9H7.C6H5.CH3.2ClH.Hf.H2Si/c2*1-2-5-9-7-3-6-8(9)4-1;1-2-4-6-5-3-1;;;;;/h2*1-7H;1-5H;1H3;2*1H;;1H2. The van der Waals surface area contributed by atoms with Crippen LogP contribution in [0.2, 0.25) is 4.68 Å². The zero-order valence-electron chi connectivity index (χ0n) is 16.5. The Morgan fingerprint density at radius 2 is 1.03 bits per heavy atom. The molecule has 0 aliphatic heterocycles. The molecule has 5 rings (SSSR count). The second-order valence-corrected chi connectivity index (χ2v) is 46.4. The summed E-state index contributed by atoms with van der Waals surface area (Å²) in [4.78, 5) is 0. The zero-order valence-corrected chi connectivity index (χ0v) is 23.1. The Balaban J connectivity index is 0.00000120. The fourth-order valence-electron chi connectivity index (χ4n) is 5.37. The van der Waals surface area contributed by atoms with Crippen LogP contribution in [0.4, 0.5) is 0 Å². The second kappa shape index (κ2) is 8.15. The van der Waals surface area contributed by atoms with Crippen molar-refractivity contribution in [3.05, 3.63) is 113 Å². The van der Waals surface area contributed by atoms with Gasteiger partial charge in [0.2, 0.25) is 0 Å². The molecule has 2 atom stereocenters. The van der Waals surface area contributed by atoms with Gasteiger partial charge in [-0.2, -0.15) is 0 Å². The minimum absolute atomic E-state index is 0. The minimum atomic E-state index is -3.72. The predicted molar refractivity (Wildman–Crippen MR) is 131 cm³/mol. The van der Waals surface area contributed by atoms with Crippen molar-refractivity contribution < 1.29 is 17.1 Å². The summed E-state index contributed by atoms with van der Waals surface area (Å²) >= 11 is -3.72. The molecule has 0 saturated heterocycles. The molecule has 148 valence electrons. The average molecular weight is 604 g/mol. The van der Waals surface area contributed by atoms with Crippen molar-refractivity contribution in [3.8, 4) is 0 Å². The van der Waals surface area contributed by atoms with Gasteiger partial charge >= 0.3 is 165 Å². The molecule has 0 aromatic heterocycles. The molecule has 0 nitrogen and oxygen atoms in total. The Morgan fingerprint density at radius 1 is 0.621 bits per heavy atom. The summed E-state index contributed by atoms with van der Waals surface area (Å²) in [5.41, 5.74) is 5.88. The maximum absolute atomic E-state index is 3.72. The van der Waals surface area contributed by atoms with E-state index in [2.05, 4.69) is 115 Å². The molecule has 0 N–H and O–H groups in total. The Morgan fingerprint density at radius 3 is 1.52 bits per heavy atom. The molecule has 2 aliphatic carbocycles. The summed E-state index contributed by atoms with van der Waals surface area (Å²) in [7, 11) is 0. The third kappa shape index (κ3) is 3.29. The van der Waals surface area contributed by atoms with Crippen molar-refractivity contribution in [2.75, 3.05) is 0 Å². The van der Waals surface area contributed by atoms with E-state index in [1.807, 2.05) is 0 Å². The maximum atomic E-state index is 2.69. The van der Waals surface area contributed by atoms with Gasteiger partial charge in [-0.05, 0) is 0 Å². The van der Waals surface area contributed by atoms with Crippen LogP contribution in [0.15, 0.2) is 91.0 Å². The summed E-state index contributed by atoms with van der Waals surface area (Å²) in [6.07, 6.45) is 9.77. The Hall–Kier alpha value is -1.19. The molecule has 0 bridgehead atoms. The molecule has 0 amide bonds. The van der Waals surface area contributed by atoms with Crippen molar-refractivity contribution >= 4 is 47.2 Å². The van der Waals surface area contributed by atoms with Crippen LogP contribution in [0.1, 0.15) is 29.6 Å². The van der Waals surface area contributed by atoms with E-state index in [9.17, 15) is 0 Å². The quantitative estimate of drug-likeness (QED) is 0.324. The third-order valence-corrected chi connectivity index (χ3v) is 40.7. The first-order valence-corrected chi connectivity index (χ1v) is 27.6. The van der Waals surface area contributed by atoms with E-state index in [1.54, 1.807) is 3.32 Å². The van der Waals surface area contributed by atoms with E-state index in [1.165, 1.54) is 22.3 Å². The van der Waals surface area contributed by atoms with Crippen LogP contribution in [0.25, 0.3) is 12.2 Å². The predicted octanol–water partition coefficient (Wildman–Crippen LogP) is 5.98. The first-order chi connectivity index (χ1) is 13.1. The van der Waals surface area contributed by atoms with Crippen LogP contribution in [0.5, 0.6) is 0 Å². The first-order valence-electron chi connectivity index (χ1n) is 9.73. The molecule has 0 radical (unpaired) electrons. The van der Waals surface area contributed by atoms with Crippen LogP contribution >= 0.6 is 24.8 Å². The molecule has 29 heavy (non-hydrogen) atoms. The van der Waals surface area contributed by atoms with Crippen LogP contribution < -0.4 is 3.32 Å². The number of allylic oxidation sites excluding steroid dienone is 2. The van der Waals surface area contributed by atoms with E-state index < -0.39 is 17.1 Å². The van der Waals surface area contributed by atoms with Gasteiger partial charge in [-0.3, -0.25) is 0 Å². The van der Waals surface area contributed by atoms with E-state index in [0.717, 1.165) is 0 Å². The molecule has 3 aromatic rings. The molecule has 0 fully saturated rings. The summed E-state index contributed by atoms with van der Waals surface area (Å²) in [6.45, 7) is 2.40. The van der Waals surface area contributed by atoms with Crippen LogP contribution in [-0.4, -0.2) is 6.94 Å². The fourth-order valence-corrected chi connectivity index (χ4v) is 33.9. The van der Waals surface area contributed by atoms with E-state index in [0.29, 0.717) is 7.35 Å². The van der Waals surface area contributed by atoms with Crippen molar-refractivity contribution in [1.29, 1.82) is 0 Å². The van der Waals surface area contributed by atoms with Gasteiger partial charge < -0.3 is 0 Å². The van der Waals surface area contributed by atoms with Crippen molar-refractivity contribution in [2.45, 2.75) is 12.0 Å². The van der Waals surface area contributed by atoms with Gasteiger partial charge in [-0.25, -0.2) is 0 Å². The summed E-state index contributed by atoms with van der Waals surface area (Å²) in [5.74, 6) is 0. The molecular weight excluding hydrogens is 578 g/mol. The van der Waals surface area contributed by atoms with Gasteiger partial charge in [-0.1, -0.05) is 0 Å². The molecule has 0 spiro atoms. The summed E-state index contributed by atoms with van der Waals surface area (Å²) in [5, 5.41) is 0. The third-order valence-electron chi connectivity index (χ3n) is 6.93. The molecule has 3 aromatic carbocycles. The van der Waals surface area contributed by atoms with Crippen LogP contribution in [0.3, 0.4) is 0 Å². The van der Waals surface area contributed by atoms with E-state index in [4.69, 9.17) is 0 Å². The second-order valence-electron chi connectivity index (χ2n) is 8.52. The van der Waals surface area contributed by atoms with Gasteiger partial charge in [0.25, 0.3) is 0 Å². The number of fused-ring (bicyclic) bond motifs is 2. The van der Waals surface area contributed by atoms with Crippen molar-refractivity contribution in [1.82, 2.24) is 0 Å². The summed E-state index contributed by atoms with van der Waals surface area (Å²) < 4.78 is 5.39. The van der Waals surface area contributed by atoms with E-state index >= 15 is 0 Å². The van der Waals surface area contributed by atoms with Crippen LogP contribution in [0, 0.1) is 0 Å². The number of hydrogen-bond acceptors (Lipinski definition) is 0. The van der Waals surface area contributed by atoms with Gasteiger partial charge in [0.15, 0.2) is 0 Å². The molecule has 2 aliphatic rings. The topological polar surface area (TPSA) is 0 Å². The number of benzene rings is 3. The molecule has 0 saturated carbocycles. The first kappa shape index (κ1) is 22.5. The molecule has 0 heterocycles.